The second-order valence-corrected chi connectivity index (χ2v) is 4.43. The van der Waals surface area contributed by atoms with Crippen molar-refractivity contribution in [2.24, 2.45) is 0 Å². The van der Waals surface area contributed by atoms with Gasteiger partial charge in [0.2, 0.25) is 0 Å². The van der Waals surface area contributed by atoms with Gasteiger partial charge in [0.15, 0.2) is 0 Å². The Balaban J connectivity index is 2.20. The van der Waals surface area contributed by atoms with Crippen LogP contribution in [0.1, 0.15) is 30.2 Å². The van der Waals surface area contributed by atoms with Crippen LogP contribution in [0, 0.1) is 5.82 Å². The lowest BCUT2D eigenvalue weighted by atomic mass is 10.2. The first-order valence-electron chi connectivity index (χ1n) is 5.81. The first-order chi connectivity index (χ1) is 8.97. The van der Waals surface area contributed by atoms with Crippen molar-refractivity contribution in [2.75, 3.05) is 5.32 Å². The molecule has 0 amide bonds. The van der Waals surface area contributed by atoms with Gasteiger partial charge < -0.3 is 10.4 Å². The van der Waals surface area contributed by atoms with Gasteiger partial charge in [0.25, 0.3) is 0 Å². The molecule has 0 aliphatic heterocycles. The molecule has 100 valence electrons. The summed E-state index contributed by atoms with van der Waals surface area (Å²) in [5.41, 5.74) is 0.782. The van der Waals surface area contributed by atoms with E-state index < -0.39 is 11.8 Å². The molecule has 0 aliphatic carbocycles. The smallest absolute Gasteiger partial charge is 0.335 e. The molecule has 5 nitrogen and oxygen atoms in total. The minimum Gasteiger partial charge on any atom is -0.478 e. The Hall–Kier alpha value is -2.37. The molecule has 0 atom stereocenters. The van der Waals surface area contributed by atoms with Gasteiger partial charge in [0.1, 0.15) is 5.82 Å². The number of carbonyl (C=O) groups is 1. The number of halogens is 1. The summed E-state index contributed by atoms with van der Waals surface area (Å²) in [5, 5.41) is 15.7. The fraction of sp³-hybridized carbons (Fsp3) is 0.231. The number of nitrogens with zero attached hydrogens (tertiary/aromatic N) is 2. The quantitative estimate of drug-likeness (QED) is 0.889. The van der Waals surface area contributed by atoms with Crippen LogP contribution in [0.5, 0.6) is 0 Å². The summed E-state index contributed by atoms with van der Waals surface area (Å²) in [5.74, 6) is -1.77. The maximum Gasteiger partial charge on any atom is 0.335 e. The predicted molar refractivity (Wildman–Crippen MR) is 69.3 cm³/mol. The summed E-state index contributed by atoms with van der Waals surface area (Å²) in [4.78, 5) is 10.7. The van der Waals surface area contributed by atoms with E-state index in [0.717, 1.165) is 6.07 Å². The van der Waals surface area contributed by atoms with E-state index in [1.165, 1.54) is 12.1 Å². The zero-order valence-electron chi connectivity index (χ0n) is 10.6. The highest BCUT2D eigenvalue weighted by Crippen LogP contribution is 2.21. The highest BCUT2D eigenvalue weighted by molar-refractivity contribution is 5.88. The molecule has 0 spiro atoms. The van der Waals surface area contributed by atoms with E-state index in [4.69, 9.17) is 5.11 Å². The number of hydrogen-bond donors (Lipinski definition) is 2. The third-order valence-electron chi connectivity index (χ3n) is 2.63. The van der Waals surface area contributed by atoms with Crippen LogP contribution in [0.2, 0.25) is 0 Å². The minimum absolute atomic E-state index is 0.0825. The Bertz CT molecular complexity index is 608. The van der Waals surface area contributed by atoms with E-state index in [1.54, 1.807) is 17.1 Å². The van der Waals surface area contributed by atoms with Crippen molar-refractivity contribution in [3.05, 3.63) is 42.0 Å². The fourth-order valence-corrected chi connectivity index (χ4v) is 1.59. The van der Waals surface area contributed by atoms with Crippen molar-refractivity contribution in [1.29, 1.82) is 0 Å². The van der Waals surface area contributed by atoms with Gasteiger partial charge in [-0.05, 0) is 32.0 Å². The van der Waals surface area contributed by atoms with Gasteiger partial charge in [-0.1, -0.05) is 0 Å². The lowest BCUT2D eigenvalue weighted by molar-refractivity contribution is 0.0696. The topological polar surface area (TPSA) is 67.2 Å². The van der Waals surface area contributed by atoms with Gasteiger partial charge >= 0.3 is 5.97 Å². The third kappa shape index (κ3) is 2.90. The van der Waals surface area contributed by atoms with E-state index in [0.29, 0.717) is 5.69 Å². The van der Waals surface area contributed by atoms with Gasteiger partial charge in [-0.3, -0.25) is 4.68 Å². The van der Waals surface area contributed by atoms with Gasteiger partial charge in [-0.2, -0.15) is 5.10 Å². The van der Waals surface area contributed by atoms with Gasteiger partial charge in [-0.15, -0.1) is 0 Å². The summed E-state index contributed by atoms with van der Waals surface area (Å²) in [6.45, 7) is 3.97. The van der Waals surface area contributed by atoms with E-state index in [-0.39, 0.29) is 17.3 Å². The van der Waals surface area contributed by atoms with Crippen molar-refractivity contribution in [1.82, 2.24) is 9.78 Å². The summed E-state index contributed by atoms with van der Waals surface area (Å²) >= 11 is 0. The average molecular weight is 263 g/mol. The maximum absolute atomic E-state index is 13.7. The molecule has 0 aliphatic rings. The molecule has 0 unspecified atom stereocenters. The number of nitrogens with one attached hydrogen (secondary N) is 1. The number of anilines is 2. The Labute approximate surface area is 109 Å². The van der Waals surface area contributed by atoms with Crippen LogP contribution in [-0.2, 0) is 0 Å². The molecule has 0 bridgehead atoms. The van der Waals surface area contributed by atoms with Crippen LogP contribution < -0.4 is 5.32 Å². The van der Waals surface area contributed by atoms with Crippen LogP contribution >= 0.6 is 0 Å². The number of rotatable bonds is 4. The molecule has 0 saturated carbocycles. The standard InChI is InChI=1S/C13H14FN3O2/c1-8(2)17-7-10(6-15-17)16-12-4-3-9(13(18)19)5-11(12)14/h3-8,16H,1-2H3,(H,18,19). The summed E-state index contributed by atoms with van der Waals surface area (Å²) < 4.78 is 15.5. The molecule has 6 heteroatoms. The first kappa shape index (κ1) is 13.1. The molecule has 1 aromatic carbocycles. The van der Waals surface area contributed by atoms with Crippen LogP contribution in [0.3, 0.4) is 0 Å². The SMILES string of the molecule is CC(C)n1cc(Nc2ccc(C(=O)O)cc2F)cn1. The highest BCUT2D eigenvalue weighted by atomic mass is 19.1. The highest BCUT2D eigenvalue weighted by Gasteiger charge is 2.09. The molecule has 0 radical (unpaired) electrons. The van der Waals surface area contributed by atoms with Gasteiger partial charge in [0, 0.05) is 12.2 Å². The molecule has 0 fully saturated rings. The van der Waals surface area contributed by atoms with Gasteiger partial charge in [-0.25, -0.2) is 9.18 Å². The largest absolute Gasteiger partial charge is 0.478 e. The predicted octanol–water partition coefficient (Wildman–Crippen LogP) is 3.04. The van der Waals surface area contributed by atoms with E-state index in [2.05, 4.69) is 10.4 Å². The molecular formula is C13H14FN3O2. The van der Waals surface area contributed by atoms with Crippen LogP contribution in [0.25, 0.3) is 0 Å². The zero-order chi connectivity index (χ0) is 14.0. The average Bonchev–Trinajstić information content (AvgIpc) is 2.80. The Morgan fingerprint density at radius 2 is 2.21 bits per heavy atom. The Kier molecular flexibility index (Phi) is 3.50. The van der Waals surface area contributed by atoms with E-state index in [1.807, 2.05) is 13.8 Å². The van der Waals surface area contributed by atoms with E-state index in [9.17, 15) is 9.18 Å². The number of carboxylic acid groups (broad SMARTS) is 1. The van der Waals surface area contributed by atoms with E-state index >= 15 is 0 Å². The lowest BCUT2D eigenvalue weighted by Crippen LogP contribution is -2.01. The molecule has 2 N–H and O–H groups in total. The molecule has 0 saturated heterocycles. The summed E-state index contributed by atoms with van der Waals surface area (Å²) in [6.07, 6.45) is 3.35. The minimum atomic E-state index is -1.15. The van der Waals surface area contributed by atoms with Crippen molar-refractivity contribution in [3.8, 4) is 0 Å². The second kappa shape index (κ2) is 5.09. The van der Waals surface area contributed by atoms with Crippen LogP contribution in [-0.4, -0.2) is 20.9 Å². The van der Waals surface area contributed by atoms with Crippen molar-refractivity contribution in [3.63, 3.8) is 0 Å². The molecule has 1 heterocycles. The molecule has 2 rings (SSSR count). The fourth-order valence-electron chi connectivity index (χ4n) is 1.59. The van der Waals surface area contributed by atoms with Crippen LogP contribution in [0.4, 0.5) is 15.8 Å². The Morgan fingerprint density at radius 1 is 1.47 bits per heavy atom. The number of hydrogen-bond acceptors (Lipinski definition) is 3. The molecular weight excluding hydrogens is 249 g/mol. The lowest BCUT2D eigenvalue weighted by Gasteiger charge is -2.06. The second-order valence-electron chi connectivity index (χ2n) is 4.43. The summed E-state index contributed by atoms with van der Waals surface area (Å²) in [7, 11) is 0. The van der Waals surface area contributed by atoms with Crippen molar-refractivity contribution < 1.29 is 14.3 Å². The van der Waals surface area contributed by atoms with Crippen molar-refractivity contribution in [2.45, 2.75) is 19.9 Å². The summed E-state index contributed by atoms with van der Waals surface area (Å²) in [6, 6.07) is 3.94. The van der Waals surface area contributed by atoms with Crippen molar-refractivity contribution >= 4 is 17.3 Å². The number of aromatic carboxylic acids is 1. The number of carboxylic acids is 1. The molecule has 2 aromatic rings. The zero-order valence-corrected chi connectivity index (χ0v) is 10.6. The van der Waals surface area contributed by atoms with Gasteiger partial charge in [0.05, 0.1) is 23.1 Å². The molecule has 19 heavy (non-hydrogen) atoms. The normalized spacial score (nSPS) is 10.7. The number of benzene rings is 1. The third-order valence-corrected chi connectivity index (χ3v) is 2.63. The van der Waals surface area contributed by atoms with Crippen LogP contribution in [0.15, 0.2) is 30.6 Å². The maximum atomic E-state index is 13.7. The Morgan fingerprint density at radius 3 is 2.74 bits per heavy atom. The molecule has 1 aromatic heterocycles. The first-order valence-corrected chi connectivity index (χ1v) is 5.81. The monoisotopic (exact) mass is 263 g/mol. The number of aromatic nitrogens is 2.